The molecule has 0 aliphatic rings. The Bertz CT molecular complexity index is 577. The zero-order valence-electron chi connectivity index (χ0n) is 9.76. The van der Waals surface area contributed by atoms with Crippen molar-refractivity contribution in [2.24, 2.45) is 0 Å². The number of rotatable bonds is 4. The predicted octanol–water partition coefficient (Wildman–Crippen LogP) is 3.25. The maximum atomic E-state index is 11.8. The number of hydrogen-bond donors (Lipinski definition) is 1. The van der Waals surface area contributed by atoms with Gasteiger partial charge >= 0.3 is 0 Å². The lowest BCUT2D eigenvalue weighted by molar-refractivity contribution is -0.122. The van der Waals surface area contributed by atoms with Gasteiger partial charge in [0.05, 0.1) is 5.02 Å². The van der Waals surface area contributed by atoms with E-state index in [1.54, 1.807) is 25.1 Å². The number of ether oxygens (including phenoxy) is 1. The number of aromatic nitrogens is 2. The van der Waals surface area contributed by atoms with Gasteiger partial charge in [0.25, 0.3) is 5.91 Å². The van der Waals surface area contributed by atoms with E-state index in [0.717, 1.165) is 0 Å². The van der Waals surface area contributed by atoms with Crippen LogP contribution in [0.15, 0.2) is 23.7 Å². The Balaban J connectivity index is 2.02. The van der Waals surface area contributed by atoms with Crippen molar-refractivity contribution in [1.29, 1.82) is 0 Å². The Morgan fingerprint density at radius 3 is 2.95 bits per heavy atom. The van der Waals surface area contributed by atoms with Gasteiger partial charge in [-0.25, -0.2) is 0 Å². The zero-order chi connectivity index (χ0) is 13.8. The van der Waals surface area contributed by atoms with Crippen LogP contribution in [0.5, 0.6) is 5.75 Å². The molecule has 0 saturated heterocycles. The van der Waals surface area contributed by atoms with Crippen LogP contribution in [0.2, 0.25) is 10.0 Å². The van der Waals surface area contributed by atoms with E-state index in [4.69, 9.17) is 27.9 Å². The smallest absolute Gasteiger partial charge is 0.266 e. The summed E-state index contributed by atoms with van der Waals surface area (Å²) in [6.07, 6.45) is -0.736. The molecule has 0 aliphatic carbocycles. The molecule has 19 heavy (non-hydrogen) atoms. The number of nitrogens with zero attached hydrogens (tertiary/aromatic N) is 2. The van der Waals surface area contributed by atoms with Crippen LogP contribution in [-0.2, 0) is 4.79 Å². The number of benzene rings is 1. The fourth-order valence-electron chi connectivity index (χ4n) is 1.25. The Kier molecular flexibility index (Phi) is 4.57. The largest absolute Gasteiger partial charge is 0.479 e. The molecule has 2 aromatic rings. The van der Waals surface area contributed by atoms with Gasteiger partial charge in [-0.05, 0) is 19.1 Å². The van der Waals surface area contributed by atoms with Crippen LogP contribution in [0.1, 0.15) is 6.92 Å². The van der Waals surface area contributed by atoms with E-state index < -0.39 is 6.10 Å². The van der Waals surface area contributed by atoms with Gasteiger partial charge < -0.3 is 4.74 Å². The highest BCUT2D eigenvalue weighted by molar-refractivity contribution is 7.13. The third-order valence-corrected chi connectivity index (χ3v) is 3.59. The Labute approximate surface area is 123 Å². The summed E-state index contributed by atoms with van der Waals surface area (Å²) in [6.45, 7) is 1.60. The lowest BCUT2D eigenvalue weighted by atomic mass is 10.3. The van der Waals surface area contributed by atoms with Crippen molar-refractivity contribution in [3.05, 3.63) is 33.8 Å². The molecule has 1 atom stereocenters. The molecule has 0 fully saturated rings. The summed E-state index contributed by atoms with van der Waals surface area (Å²) in [5, 5.41) is 11.0. The minimum Gasteiger partial charge on any atom is -0.479 e. The van der Waals surface area contributed by atoms with Crippen LogP contribution >= 0.6 is 34.5 Å². The first-order valence-electron chi connectivity index (χ1n) is 5.25. The molecule has 1 heterocycles. The number of halogens is 2. The molecule has 1 aromatic carbocycles. The maximum absolute atomic E-state index is 11.8. The SMILES string of the molecule is CC(Oc1cccc(Cl)c1Cl)C(=O)Nc1nncs1. The number of hydrogen-bond acceptors (Lipinski definition) is 5. The monoisotopic (exact) mass is 317 g/mol. The van der Waals surface area contributed by atoms with E-state index >= 15 is 0 Å². The Hall–Kier alpha value is -1.37. The first-order valence-corrected chi connectivity index (χ1v) is 6.89. The first kappa shape index (κ1) is 14.0. The summed E-state index contributed by atoms with van der Waals surface area (Å²) in [5.41, 5.74) is 1.52. The standard InChI is InChI=1S/C11H9Cl2N3O2S/c1-6(10(17)15-11-16-14-5-19-11)18-8-4-2-3-7(12)9(8)13/h2-6H,1H3,(H,15,16,17). The third-order valence-electron chi connectivity index (χ3n) is 2.18. The third kappa shape index (κ3) is 3.56. The van der Waals surface area contributed by atoms with Gasteiger partial charge in [0.2, 0.25) is 5.13 Å². The van der Waals surface area contributed by atoms with Crippen LogP contribution in [0, 0.1) is 0 Å². The van der Waals surface area contributed by atoms with Crippen LogP contribution in [-0.4, -0.2) is 22.2 Å². The van der Waals surface area contributed by atoms with Crippen molar-refractivity contribution < 1.29 is 9.53 Å². The van der Waals surface area contributed by atoms with Gasteiger partial charge in [0, 0.05) is 0 Å². The summed E-state index contributed by atoms with van der Waals surface area (Å²) in [6, 6.07) is 4.98. The number of amides is 1. The molecule has 1 amide bonds. The fraction of sp³-hybridized carbons (Fsp3) is 0.182. The zero-order valence-corrected chi connectivity index (χ0v) is 12.1. The molecule has 0 spiro atoms. The summed E-state index contributed by atoms with van der Waals surface area (Å²) in [4.78, 5) is 11.8. The summed E-state index contributed by atoms with van der Waals surface area (Å²) < 4.78 is 5.46. The fourth-order valence-corrected chi connectivity index (χ4v) is 2.04. The predicted molar refractivity (Wildman–Crippen MR) is 75.1 cm³/mol. The first-order chi connectivity index (χ1) is 9.08. The molecular formula is C11H9Cl2N3O2S. The molecular weight excluding hydrogens is 309 g/mol. The van der Waals surface area contributed by atoms with Crippen molar-refractivity contribution in [2.75, 3.05) is 5.32 Å². The van der Waals surface area contributed by atoms with Crippen LogP contribution in [0.3, 0.4) is 0 Å². The minimum absolute atomic E-state index is 0.278. The van der Waals surface area contributed by atoms with Gasteiger partial charge in [-0.15, -0.1) is 10.2 Å². The molecule has 0 saturated carbocycles. The van der Waals surface area contributed by atoms with E-state index in [-0.39, 0.29) is 10.9 Å². The van der Waals surface area contributed by atoms with E-state index in [1.807, 2.05) is 0 Å². The molecule has 0 aliphatic heterocycles. The second-order valence-corrected chi connectivity index (χ2v) is 5.16. The normalized spacial score (nSPS) is 11.9. The topological polar surface area (TPSA) is 64.1 Å². The van der Waals surface area contributed by atoms with Crippen LogP contribution < -0.4 is 10.1 Å². The van der Waals surface area contributed by atoms with Crippen molar-refractivity contribution in [3.63, 3.8) is 0 Å². The lowest BCUT2D eigenvalue weighted by Crippen LogP contribution is -2.30. The molecule has 8 heteroatoms. The molecule has 2 rings (SSSR count). The molecule has 1 unspecified atom stereocenters. The van der Waals surface area contributed by atoms with E-state index in [0.29, 0.717) is 15.9 Å². The number of carbonyl (C=O) groups excluding carboxylic acids is 1. The highest BCUT2D eigenvalue weighted by Crippen LogP contribution is 2.32. The van der Waals surface area contributed by atoms with Gasteiger partial charge in [0.1, 0.15) is 16.3 Å². The molecule has 1 N–H and O–H groups in total. The van der Waals surface area contributed by atoms with Gasteiger partial charge in [-0.1, -0.05) is 40.6 Å². The lowest BCUT2D eigenvalue weighted by Gasteiger charge is -2.14. The number of anilines is 1. The molecule has 0 bridgehead atoms. The Morgan fingerprint density at radius 2 is 2.26 bits per heavy atom. The Morgan fingerprint density at radius 1 is 1.47 bits per heavy atom. The van der Waals surface area contributed by atoms with Crippen LogP contribution in [0.25, 0.3) is 0 Å². The van der Waals surface area contributed by atoms with Gasteiger partial charge in [-0.3, -0.25) is 10.1 Å². The summed E-state index contributed by atoms with van der Waals surface area (Å²) in [5.74, 6) is 0.0156. The summed E-state index contributed by atoms with van der Waals surface area (Å²) >= 11 is 13.1. The van der Waals surface area contributed by atoms with Gasteiger partial charge in [0.15, 0.2) is 6.10 Å². The van der Waals surface area contributed by atoms with Crippen molar-refractivity contribution in [2.45, 2.75) is 13.0 Å². The van der Waals surface area contributed by atoms with Crippen LogP contribution in [0.4, 0.5) is 5.13 Å². The van der Waals surface area contributed by atoms with Crippen molar-refractivity contribution in [3.8, 4) is 5.75 Å². The van der Waals surface area contributed by atoms with E-state index in [1.165, 1.54) is 16.8 Å². The minimum atomic E-state index is -0.736. The molecule has 0 radical (unpaired) electrons. The highest BCUT2D eigenvalue weighted by Gasteiger charge is 2.18. The van der Waals surface area contributed by atoms with E-state index in [9.17, 15) is 4.79 Å². The second kappa shape index (κ2) is 6.18. The molecule has 100 valence electrons. The average Bonchev–Trinajstić information content (AvgIpc) is 2.87. The molecule has 1 aromatic heterocycles. The van der Waals surface area contributed by atoms with Crippen molar-refractivity contribution >= 4 is 45.6 Å². The summed E-state index contributed by atoms with van der Waals surface area (Å²) in [7, 11) is 0. The maximum Gasteiger partial charge on any atom is 0.266 e. The van der Waals surface area contributed by atoms with E-state index in [2.05, 4.69) is 15.5 Å². The molecule has 5 nitrogen and oxygen atoms in total. The second-order valence-electron chi connectivity index (χ2n) is 3.55. The quantitative estimate of drug-likeness (QED) is 0.940. The number of nitrogens with one attached hydrogen (secondary N) is 1. The van der Waals surface area contributed by atoms with Crippen molar-refractivity contribution in [1.82, 2.24) is 10.2 Å². The number of carbonyl (C=O) groups is 1. The highest BCUT2D eigenvalue weighted by atomic mass is 35.5. The van der Waals surface area contributed by atoms with Gasteiger partial charge in [-0.2, -0.15) is 0 Å². The average molecular weight is 318 g/mol.